The van der Waals surface area contributed by atoms with Crippen LogP contribution in [0.2, 0.25) is 0 Å². The van der Waals surface area contributed by atoms with Crippen LogP contribution in [0.3, 0.4) is 0 Å². The summed E-state index contributed by atoms with van der Waals surface area (Å²) in [5, 5.41) is 12.9. The molecule has 0 aliphatic carbocycles. The minimum Gasteiger partial charge on any atom is -0.495 e. The fraction of sp³-hybridized carbons (Fsp3) is 0.538. The number of methoxy groups -OCH3 is 1. The van der Waals surface area contributed by atoms with Crippen LogP contribution in [0.4, 0.5) is 15.8 Å². The molecule has 18 heavy (non-hydrogen) atoms. The number of halogens is 1. The van der Waals surface area contributed by atoms with E-state index in [1.165, 1.54) is 19.2 Å². The van der Waals surface area contributed by atoms with E-state index in [0.717, 1.165) is 6.42 Å². The molecule has 0 aliphatic rings. The van der Waals surface area contributed by atoms with E-state index in [2.05, 4.69) is 5.32 Å². The number of benzene rings is 1. The molecule has 1 unspecified atom stereocenters. The molecule has 0 saturated heterocycles. The first-order valence-electron chi connectivity index (χ1n) is 5.99. The van der Waals surface area contributed by atoms with Gasteiger partial charge in [-0.3, -0.25) is 0 Å². The molecule has 102 valence electrons. The molecule has 4 N–H and O–H groups in total. The van der Waals surface area contributed by atoms with Gasteiger partial charge in [0.25, 0.3) is 0 Å². The third-order valence-corrected chi connectivity index (χ3v) is 2.77. The van der Waals surface area contributed by atoms with Gasteiger partial charge in [0.05, 0.1) is 24.1 Å². The van der Waals surface area contributed by atoms with Crippen molar-refractivity contribution in [3.05, 3.63) is 17.9 Å². The van der Waals surface area contributed by atoms with E-state index in [-0.39, 0.29) is 17.9 Å². The zero-order valence-corrected chi connectivity index (χ0v) is 11.1. The van der Waals surface area contributed by atoms with Gasteiger partial charge in [-0.1, -0.05) is 13.3 Å². The molecule has 1 atom stereocenters. The fourth-order valence-corrected chi connectivity index (χ4v) is 1.79. The van der Waals surface area contributed by atoms with Gasteiger partial charge in [0, 0.05) is 18.7 Å². The summed E-state index contributed by atoms with van der Waals surface area (Å²) in [5.74, 6) is -0.0466. The standard InChI is InChI=1S/C13H21FN2O2/c1-4-5-13(2,17)8-16-11-7-12(18-3)10(15)6-9(11)14/h6-7,16-17H,4-5,8,15H2,1-3H3. The summed E-state index contributed by atoms with van der Waals surface area (Å²) in [6.45, 7) is 3.97. The van der Waals surface area contributed by atoms with Gasteiger partial charge in [0.15, 0.2) is 0 Å². The van der Waals surface area contributed by atoms with E-state index in [1.54, 1.807) is 6.92 Å². The van der Waals surface area contributed by atoms with Crippen molar-refractivity contribution in [1.82, 2.24) is 0 Å². The molecule has 0 amide bonds. The van der Waals surface area contributed by atoms with Crippen molar-refractivity contribution >= 4 is 11.4 Å². The molecular formula is C13H21FN2O2. The number of hydrogen-bond donors (Lipinski definition) is 3. The Morgan fingerprint density at radius 2 is 2.17 bits per heavy atom. The number of nitrogens with one attached hydrogen (secondary N) is 1. The van der Waals surface area contributed by atoms with E-state index in [9.17, 15) is 9.50 Å². The first-order chi connectivity index (χ1) is 8.39. The molecule has 0 aromatic heterocycles. The third kappa shape index (κ3) is 3.77. The summed E-state index contributed by atoms with van der Waals surface area (Å²) in [5.41, 5.74) is 5.25. The van der Waals surface area contributed by atoms with Crippen molar-refractivity contribution < 1.29 is 14.2 Å². The first-order valence-corrected chi connectivity index (χ1v) is 5.99. The predicted octanol–water partition coefficient (Wildman–Crippen LogP) is 2.38. The van der Waals surface area contributed by atoms with Gasteiger partial charge < -0.3 is 20.9 Å². The second-order valence-corrected chi connectivity index (χ2v) is 4.67. The normalized spacial score (nSPS) is 14.1. The summed E-state index contributed by atoms with van der Waals surface area (Å²) < 4.78 is 18.7. The van der Waals surface area contributed by atoms with Crippen LogP contribution < -0.4 is 15.8 Å². The van der Waals surface area contributed by atoms with Crippen molar-refractivity contribution in [2.45, 2.75) is 32.3 Å². The Kier molecular flexibility index (Phi) is 4.78. The largest absolute Gasteiger partial charge is 0.495 e. The van der Waals surface area contributed by atoms with Crippen LogP contribution >= 0.6 is 0 Å². The Bertz CT molecular complexity index is 408. The van der Waals surface area contributed by atoms with Crippen molar-refractivity contribution in [1.29, 1.82) is 0 Å². The van der Waals surface area contributed by atoms with Crippen LogP contribution in [-0.4, -0.2) is 24.4 Å². The smallest absolute Gasteiger partial charge is 0.148 e. The molecule has 1 aromatic carbocycles. The lowest BCUT2D eigenvalue weighted by atomic mass is 10.0. The lowest BCUT2D eigenvalue weighted by Crippen LogP contribution is -2.33. The molecule has 5 heteroatoms. The average molecular weight is 256 g/mol. The topological polar surface area (TPSA) is 67.5 Å². The van der Waals surface area contributed by atoms with Crippen molar-refractivity contribution in [2.75, 3.05) is 24.7 Å². The molecule has 0 bridgehead atoms. The number of nitrogen functional groups attached to an aromatic ring is 1. The Hall–Kier alpha value is -1.49. The summed E-state index contributed by atoms with van der Waals surface area (Å²) in [7, 11) is 1.47. The van der Waals surface area contributed by atoms with Gasteiger partial charge in [-0.2, -0.15) is 0 Å². The maximum absolute atomic E-state index is 13.6. The first kappa shape index (κ1) is 14.6. The maximum Gasteiger partial charge on any atom is 0.148 e. The number of nitrogens with two attached hydrogens (primary N) is 1. The van der Waals surface area contributed by atoms with Crippen LogP contribution in [0.25, 0.3) is 0 Å². The van der Waals surface area contributed by atoms with E-state index in [4.69, 9.17) is 10.5 Å². The van der Waals surface area contributed by atoms with Gasteiger partial charge in [-0.05, 0) is 13.3 Å². The van der Waals surface area contributed by atoms with Crippen LogP contribution in [0, 0.1) is 5.82 Å². The highest BCUT2D eigenvalue weighted by Gasteiger charge is 2.19. The second kappa shape index (κ2) is 5.91. The van der Waals surface area contributed by atoms with Crippen molar-refractivity contribution in [3.8, 4) is 5.75 Å². The zero-order chi connectivity index (χ0) is 13.8. The molecular weight excluding hydrogens is 235 g/mol. The molecule has 0 saturated carbocycles. The summed E-state index contributed by atoms with van der Waals surface area (Å²) >= 11 is 0. The SMILES string of the molecule is CCCC(C)(O)CNc1cc(OC)c(N)cc1F. The lowest BCUT2D eigenvalue weighted by molar-refractivity contribution is 0.0636. The van der Waals surface area contributed by atoms with E-state index in [0.29, 0.717) is 12.2 Å². The monoisotopic (exact) mass is 256 g/mol. The van der Waals surface area contributed by atoms with Crippen molar-refractivity contribution in [2.24, 2.45) is 0 Å². The number of rotatable bonds is 6. The summed E-state index contributed by atoms with van der Waals surface area (Å²) in [6, 6.07) is 2.70. The average Bonchev–Trinajstić information content (AvgIpc) is 2.28. The minimum absolute atomic E-state index is 0.251. The summed E-state index contributed by atoms with van der Waals surface area (Å²) in [4.78, 5) is 0. The highest BCUT2D eigenvalue weighted by molar-refractivity contribution is 5.62. The number of hydrogen-bond acceptors (Lipinski definition) is 4. The van der Waals surface area contributed by atoms with E-state index >= 15 is 0 Å². The molecule has 1 aromatic rings. The molecule has 4 nitrogen and oxygen atoms in total. The highest BCUT2D eigenvalue weighted by atomic mass is 19.1. The minimum atomic E-state index is -0.865. The van der Waals surface area contributed by atoms with Crippen LogP contribution in [0.5, 0.6) is 5.75 Å². The molecule has 1 rings (SSSR count). The van der Waals surface area contributed by atoms with Crippen LogP contribution in [0.15, 0.2) is 12.1 Å². The molecule has 0 spiro atoms. The van der Waals surface area contributed by atoms with E-state index < -0.39 is 11.4 Å². The van der Waals surface area contributed by atoms with Crippen molar-refractivity contribution in [3.63, 3.8) is 0 Å². The fourth-order valence-electron chi connectivity index (χ4n) is 1.79. The predicted molar refractivity (Wildman–Crippen MR) is 71.4 cm³/mol. The third-order valence-electron chi connectivity index (χ3n) is 2.77. The molecule has 0 aliphatic heterocycles. The Morgan fingerprint density at radius 1 is 1.50 bits per heavy atom. The summed E-state index contributed by atoms with van der Waals surface area (Å²) in [6.07, 6.45) is 1.51. The zero-order valence-electron chi connectivity index (χ0n) is 11.1. The number of aliphatic hydroxyl groups is 1. The quantitative estimate of drug-likeness (QED) is 0.684. The Balaban J connectivity index is 2.79. The van der Waals surface area contributed by atoms with Gasteiger partial charge >= 0.3 is 0 Å². The maximum atomic E-state index is 13.6. The van der Waals surface area contributed by atoms with E-state index in [1.807, 2.05) is 6.92 Å². The second-order valence-electron chi connectivity index (χ2n) is 4.67. The van der Waals surface area contributed by atoms with Crippen LogP contribution in [-0.2, 0) is 0 Å². The van der Waals surface area contributed by atoms with Crippen LogP contribution in [0.1, 0.15) is 26.7 Å². The Labute approximate surface area is 107 Å². The van der Waals surface area contributed by atoms with Gasteiger partial charge in [0.2, 0.25) is 0 Å². The molecule has 0 fully saturated rings. The lowest BCUT2D eigenvalue weighted by Gasteiger charge is -2.24. The van der Waals surface area contributed by atoms with Gasteiger partial charge in [-0.25, -0.2) is 4.39 Å². The van der Waals surface area contributed by atoms with Gasteiger partial charge in [-0.15, -0.1) is 0 Å². The number of anilines is 2. The molecule has 0 radical (unpaired) electrons. The highest BCUT2D eigenvalue weighted by Crippen LogP contribution is 2.28. The molecule has 0 heterocycles. The Morgan fingerprint density at radius 3 is 2.72 bits per heavy atom. The van der Waals surface area contributed by atoms with Gasteiger partial charge in [0.1, 0.15) is 11.6 Å². The number of ether oxygens (including phenoxy) is 1.